The molecule has 0 aromatic heterocycles. The highest BCUT2D eigenvalue weighted by molar-refractivity contribution is 8.00. The average Bonchev–Trinajstić information content (AvgIpc) is 2.86. The van der Waals surface area contributed by atoms with Crippen molar-refractivity contribution in [1.82, 2.24) is 4.90 Å². The lowest BCUT2D eigenvalue weighted by atomic mass is 9.74. The number of ether oxygens (including phenoxy) is 1. The number of benzene rings is 1. The molecular weight excluding hydrogens is 334 g/mol. The maximum absolute atomic E-state index is 12.9. The molecule has 0 N–H and O–H groups in total. The smallest absolute Gasteiger partial charge is 0.323 e. The van der Waals surface area contributed by atoms with E-state index in [0.717, 1.165) is 32.2 Å². The fourth-order valence-corrected chi connectivity index (χ4v) is 6.40. The number of ketones is 1. The van der Waals surface area contributed by atoms with Crippen LogP contribution in [-0.2, 0) is 14.3 Å². The van der Waals surface area contributed by atoms with Gasteiger partial charge < -0.3 is 4.74 Å². The summed E-state index contributed by atoms with van der Waals surface area (Å²) in [7, 11) is 1.47. The molecule has 0 bridgehead atoms. The zero-order valence-corrected chi connectivity index (χ0v) is 15.4. The van der Waals surface area contributed by atoms with Crippen molar-refractivity contribution in [2.24, 2.45) is 11.8 Å². The van der Waals surface area contributed by atoms with Gasteiger partial charge in [-0.2, -0.15) is 0 Å². The van der Waals surface area contributed by atoms with Gasteiger partial charge in [-0.05, 0) is 43.9 Å². The summed E-state index contributed by atoms with van der Waals surface area (Å²) in [5, 5.41) is 0.256. The van der Waals surface area contributed by atoms with Crippen LogP contribution in [0.5, 0.6) is 0 Å². The molecule has 4 rings (SSSR count). The van der Waals surface area contributed by atoms with Crippen LogP contribution in [0.15, 0.2) is 35.2 Å². The number of hydrogen-bond acceptors (Lipinski definition) is 5. The molecule has 1 aliphatic carbocycles. The second-order valence-electron chi connectivity index (χ2n) is 7.41. The zero-order valence-electron chi connectivity index (χ0n) is 14.6. The van der Waals surface area contributed by atoms with E-state index in [4.69, 9.17) is 4.74 Å². The minimum absolute atomic E-state index is 0.106. The van der Waals surface area contributed by atoms with Crippen molar-refractivity contribution in [2.75, 3.05) is 13.7 Å². The third kappa shape index (κ3) is 3.13. The highest BCUT2D eigenvalue weighted by atomic mass is 32.2. The molecule has 0 unspecified atom stereocenters. The van der Waals surface area contributed by atoms with Crippen LogP contribution in [0.25, 0.3) is 0 Å². The van der Waals surface area contributed by atoms with Gasteiger partial charge in [0.15, 0.2) is 0 Å². The molecular formula is C20H25NO3S. The number of methoxy groups -OCH3 is 1. The molecule has 5 heteroatoms. The Morgan fingerprint density at radius 1 is 1.24 bits per heavy atom. The lowest BCUT2D eigenvalue weighted by Gasteiger charge is -2.40. The maximum Gasteiger partial charge on any atom is 0.323 e. The van der Waals surface area contributed by atoms with Crippen LogP contribution in [0.3, 0.4) is 0 Å². The van der Waals surface area contributed by atoms with Gasteiger partial charge in [-0.1, -0.05) is 24.6 Å². The predicted molar refractivity (Wildman–Crippen MR) is 97.5 cm³/mol. The Labute approximate surface area is 153 Å². The van der Waals surface area contributed by atoms with Crippen LogP contribution in [0.1, 0.15) is 32.1 Å². The first-order valence-corrected chi connectivity index (χ1v) is 10.1. The lowest BCUT2D eigenvalue weighted by Crippen LogP contribution is -2.51. The van der Waals surface area contributed by atoms with Crippen LogP contribution >= 0.6 is 11.8 Å². The van der Waals surface area contributed by atoms with Crippen LogP contribution in [0.4, 0.5) is 0 Å². The topological polar surface area (TPSA) is 46.6 Å². The summed E-state index contributed by atoms with van der Waals surface area (Å²) >= 11 is 1.81. The summed E-state index contributed by atoms with van der Waals surface area (Å²) < 4.78 is 5.08. The van der Waals surface area contributed by atoms with Gasteiger partial charge in [-0.3, -0.25) is 14.5 Å². The van der Waals surface area contributed by atoms with Gasteiger partial charge in [0.05, 0.1) is 7.11 Å². The second-order valence-corrected chi connectivity index (χ2v) is 8.72. The van der Waals surface area contributed by atoms with Gasteiger partial charge in [0.1, 0.15) is 11.8 Å². The first-order valence-electron chi connectivity index (χ1n) is 9.27. The molecule has 3 fully saturated rings. The fraction of sp³-hybridized carbons (Fsp3) is 0.600. The van der Waals surface area contributed by atoms with E-state index in [0.29, 0.717) is 18.1 Å². The van der Waals surface area contributed by atoms with E-state index in [-0.39, 0.29) is 29.2 Å². The highest BCUT2D eigenvalue weighted by Gasteiger charge is 2.55. The monoisotopic (exact) mass is 359 g/mol. The molecule has 2 heterocycles. The van der Waals surface area contributed by atoms with Crippen molar-refractivity contribution in [2.45, 2.75) is 54.3 Å². The minimum atomic E-state index is -0.176. The molecule has 2 saturated heterocycles. The summed E-state index contributed by atoms with van der Waals surface area (Å²) in [5.74, 6) is 0.753. The summed E-state index contributed by atoms with van der Waals surface area (Å²) in [6.45, 7) is 0.910. The minimum Gasteiger partial charge on any atom is -0.468 e. The molecule has 2 aliphatic heterocycles. The fourth-order valence-electron chi connectivity index (χ4n) is 5.04. The Morgan fingerprint density at radius 3 is 2.80 bits per heavy atom. The van der Waals surface area contributed by atoms with Gasteiger partial charge in [0.2, 0.25) is 0 Å². The molecule has 3 aliphatic rings. The van der Waals surface area contributed by atoms with Gasteiger partial charge in [0, 0.05) is 28.5 Å². The number of nitrogens with zero attached hydrogens (tertiary/aromatic N) is 1. The van der Waals surface area contributed by atoms with Crippen LogP contribution in [-0.4, -0.2) is 47.6 Å². The highest BCUT2D eigenvalue weighted by Crippen LogP contribution is 2.49. The molecule has 134 valence electrons. The normalized spacial score (nSPS) is 35.1. The largest absolute Gasteiger partial charge is 0.468 e. The number of thioether (sulfide) groups is 1. The van der Waals surface area contributed by atoms with Crippen molar-refractivity contribution in [3.05, 3.63) is 30.3 Å². The van der Waals surface area contributed by atoms with E-state index in [9.17, 15) is 9.59 Å². The second kappa shape index (κ2) is 7.12. The van der Waals surface area contributed by atoms with Gasteiger partial charge >= 0.3 is 5.97 Å². The third-order valence-electron chi connectivity index (χ3n) is 6.11. The number of esters is 1. The molecule has 1 aromatic rings. The van der Waals surface area contributed by atoms with E-state index < -0.39 is 0 Å². The van der Waals surface area contributed by atoms with E-state index in [1.165, 1.54) is 12.0 Å². The van der Waals surface area contributed by atoms with Gasteiger partial charge in [-0.25, -0.2) is 0 Å². The average molecular weight is 359 g/mol. The Kier molecular flexibility index (Phi) is 4.87. The van der Waals surface area contributed by atoms with Crippen molar-refractivity contribution >= 4 is 23.5 Å². The standard InChI is InChI=1S/C20H25NO3S/c1-24-20(23)16-11-15-18(25-13-7-3-2-4-8-13)12-17(22)14-9-5-6-10-21(16)19(14)15/h2-4,7-8,14-16,18-19H,5-6,9-12H2,1H3/t14-,15-,16+,18-,19-/m1/s1. The van der Waals surface area contributed by atoms with E-state index >= 15 is 0 Å². The number of Topliss-reactive ketones (excluding diaryl/α,β-unsaturated/α-hetero) is 1. The molecule has 1 aromatic carbocycles. The Balaban J connectivity index is 1.64. The Bertz CT molecular complexity index is 650. The number of rotatable bonds is 3. The molecule has 1 saturated carbocycles. The van der Waals surface area contributed by atoms with Crippen LogP contribution in [0.2, 0.25) is 0 Å². The van der Waals surface area contributed by atoms with Crippen molar-refractivity contribution in [1.29, 1.82) is 0 Å². The summed E-state index contributed by atoms with van der Waals surface area (Å²) in [6, 6.07) is 10.4. The first kappa shape index (κ1) is 17.1. The van der Waals surface area contributed by atoms with Gasteiger partial charge in [0.25, 0.3) is 0 Å². The number of carbonyl (C=O) groups excluding carboxylic acids is 2. The SMILES string of the molecule is COC(=O)[C@@H]1C[C@H]2[C@H]3[C@H](CCCCN31)C(=O)C[C@H]2Sc1ccccc1. The van der Waals surface area contributed by atoms with Crippen LogP contribution in [0, 0.1) is 11.8 Å². The third-order valence-corrected chi connectivity index (χ3v) is 7.47. The summed E-state index contributed by atoms with van der Waals surface area (Å²) in [6.07, 6.45) is 4.59. The van der Waals surface area contributed by atoms with Gasteiger partial charge in [-0.15, -0.1) is 11.8 Å². The van der Waals surface area contributed by atoms with E-state index in [1.807, 2.05) is 30.0 Å². The zero-order chi connectivity index (χ0) is 17.4. The predicted octanol–water partition coefficient (Wildman–Crippen LogP) is 3.15. The van der Waals surface area contributed by atoms with Crippen molar-refractivity contribution in [3.8, 4) is 0 Å². The van der Waals surface area contributed by atoms with E-state index in [2.05, 4.69) is 17.0 Å². The summed E-state index contributed by atoms with van der Waals surface area (Å²) in [5.41, 5.74) is 0. The quantitative estimate of drug-likeness (QED) is 0.776. The number of carbonyl (C=O) groups is 2. The molecule has 0 radical (unpaired) electrons. The molecule has 5 atom stereocenters. The van der Waals surface area contributed by atoms with Crippen molar-refractivity contribution in [3.63, 3.8) is 0 Å². The Hall–Kier alpha value is -1.33. The molecule has 0 spiro atoms. The molecule has 4 nitrogen and oxygen atoms in total. The Morgan fingerprint density at radius 2 is 2.04 bits per heavy atom. The van der Waals surface area contributed by atoms with E-state index in [1.54, 1.807) is 0 Å². The summed E-state index contributed by atoms with van der Waals surface area (Å²) in [4.78, 5) is 28.8. The first-order chi connectivity index (χ1) is 12.2. The van der Waals surface area contributed by atoms with Crippen molar-refractivity contribution < 1.29 is 14.3 Å². The maximum atomic E-state index is 12.9. The molecule has 0 amide bonds. The molecule has 25 heavy (non-hydrogen) atoms. The van der Waals surface area contributed by atoms with Crippen LogP contribution < -0.4 is 0 Å². The number of hydrogen-bond donors (Lipinski definition) is 0. The lowest BCUT2D eigenvalue weighted by molar-refractivity contribution is -0.147.